The molecule has 4 heteroatoms. The molecule has 1 amide bonds. The van der Waals surface area contributed by atoms with Crippen LogP contribution in [0.2, 0.25) is 0 Å². The minimum absolute atomic E-state index is 0.0381. The van der Waals surface area contributed by atoms with E-state index < -0.39 is 0 Å². The fourth-order valence-corrected chi connectivity index (χ4v) is 2.81. The van der Waals surface area contributed by atoms with Gasteiger partial charge in [0.2, 0.25) is 0 Å². The smallest absolute Gasteiger partial charge is 0.258 e. The van der Waals surface area contributed by atoms with Crippen molar-refractivity contribution >= 4 is 5.91 Å². The third-order valence-corrected chi connectivity index (χ3v) is 4.08. The number of nitrogens with one attached hydrogen (secondary N) is 2. The van der Waals surface area contributed by atoms with Crippen molar-refractivity contribution in [2.75, 3.05) is 6.61 Å². The average molecular weight is 310 g/mol. The Labute approximate surface area is 136 Å². The van der Waals surface area contributed by atoms with Gasteiger partial charge in [-0.3, -0.25) is 4.79 Å². The Morgan fingerprint density at radius 2 is 1.96 bits per heavy atom. The number of hydrogen-bond donors (Lipinski definition) is 2. The summed E-state index contributed by atoms with van der Waals surface area (Å²) in [5.74, 6) is 0.651. The van der Waals surface area contributed by atoms with Crippen LogP contribution in [0.5, 0.6) is 5.75 Å². The van der Waals surface area contributed by atoms with Gasteiger partial charge < -0.3 is 15.4 Å². The zero-order valence-corrected chi connectivity index (χ0v) is 13.6. The molecule has 120 valence electrons. The first-order valence-electron chi connectivity index (χ1n) is 7.90. The first-order valence-corrected chi connectivity index (χ1v) is 7.90. The van der Waals surface area contributed by atoms with Crippen molar-refractivity contribution in [3.63, 3.8) is 0 Å². The van der Waals surface area contributed by atoms with E-state index in [-0.39, 0.29) is 12.5 Å². The van der Waals surface area contributed by atoms with E-state index in [1.165, 1.54) is 16.7 Å². The van der Waals surface area contributed by atoms with Crippen LogP contribution < -0.4 is 15.4 Å². The third-order valence-electron chi connectivity index (χ3n) is 4.08. The second-order valence-electron chi connectivity index (χ2n) is 6.04. The molecule has 0 atom stereocenters. The van der Waals surface area contributed by atoms with Crippen LogP contribution in [-0.2, 0) is 24.4 Å². The van der Waals surface area contributed by atoms with Crippen molar-refractivity contribution < 1.29 is 9.53 Å². The van der Waals surface area contributed by atoms with E-state index in [1.54, 1.807) is 0 Å². The molecule has 1 aliphatic heterocycles. The van der Waals surface area contributed by atoms with E-state index >= 15 is 0 Å². The molecule has 0 saturated carbocycles. The number of carbonyl (C=O) groups is 1. The molecule has 3 rings (SSSR count). The molecule has 23 heavy (non-hydrogen) atoms. The van der Waals surface area contributed by atoms with Gasteiger partial charge in [-0.15, -0.1) is 0 Å². The molecule has 0 radical (unpaired) electrons. The summed E-state index contributed by atoms with van der Waals surface area (Å²) >= 11 is 0. The van der Waals surface area contributed by atoms with Gasteiger partial charge in [0.15, 0.2) is 6.61 Å². The lowest BCUT2D eigenvalue weighted by molar-refractivity contribution is -0.123. The molecular formula is C19H22N2O2. The first-order chi connectivity index (χ1) is 11.1. The molecule has 2 N–H and O–H groups in total. The summed E-state index contributed by atoms with van der Waals surface area (Å²) in [6.07, 6.45) is 0. The summed E-state index contributed by atoms with van der Waals surface area (Å²) in [4.78, 5) is 12.0. The van der Waals surface area contributed by atoms with Gasteiger partial charge >= 0.3 is 0 Å². The Balaban J connectivity index is 1.50. The first kappa shape index (κ1) is 15.6. The Morgan fingerprint density at radius 1 is 1.13 bits per heavy atom. The number of ether oxygens (including phenoxy) is 1. The van der Waals surface area contributed by atoms with Crippen LogP contribution in [0.3, 0.4) is 0 Å². The highest BCUT2D eigenvalue weighted by molar-refractivity contribution is 5.77. The number of aryl methyl sites for hydroxylation is 2. The summed E-state index contributed by atoms with van der Waals surface area (Å²) in [6.45, 7) is 6.44. The average Bonchev–Trinajstić information content (AvgIpc) is 2.99. The fourth-order valence-electron chi connectivity index (χ4n) is 2.81. The minimum Gasteiger partial charge on any atom is -0.484 e. The second kappa shape index (κ2) is 6.84. The highest BCUT2D eigenvalue weighted by atomic mass is 16.5. The molecule has 1 heterocycles. The van der Waals surface area contributed by atoms with Crippen LogP contribution in [0, 0.1) is 13.8 Å². The predicted molar refractivity (Wildman–Crippen MR) is 90.2 cm³/mol. The van der Waals surface area contributed by atoms with E-state index in [2.05, 4.69) is 28.8 Å². The lowest BCUT2D eigenvalue weighted by atomic mass is 10.1. The molecule has 0 saturated heterocycles. The molecule has 1 aliphatic rings. The minimum atomic E-state index is -0.108. The van der Waals surface area contributed by atoms with Crippen LogP contribution in [0.15, 0.2) is 36.4 Å². The maximum absolute atomic E-state index is 12.0. The molecule has 0 spiro atoms. The van der Waals surface area contributed by atoms with Gasteiger partial charge in [-0.25, -0.2) is 0 Å². The Bertz CT molecular complexity index is 725. The van der Waals surface area contributed by atoms with Crippen LogP contribution >= 0.6 is 0 Å². The van der Waals surface area contributed by atoms with E-state index in [4.69, 9.17) is 4.74 Å². The van der Waals surface area contributed by atoms with Crippen molar-refractivity contribution in [2.24, 2.45) is 0 Å². The van der Waals surface area contributed by atoms with Crippen molar-refractivity contribution in [2.45, 2.75) is 33.5 Å². The summed E-state index contributed by atoms with van der Waals surface area (Å²) in [6, 6.07) is 12.3. The number of carbonyl (C=O) groups excluding carboxylic acids is 1. The molecular weight excluding hydrogens is 288 g/mol. The highest BCUT2D eigenvalue weighted by Crippen LogP contribution is 2.19. The van der Waals surface area contributed by atoms with Gasteiger partial charge in [-0.2, -0.15) is 0 Å². The summed E-state index contributed by atoms with van der Waals surface area (Å²) < 4.78 is 5.59. The van der Waals surface area contributed by atoms with Gasteiger partial charge in [0.1, 0.15) is 5.75 Å². The summed E-state index contributed by atoms with van der Waals surface area (Å²) in [5, 5.41) is 6.23. The van der Waals surface area contributed by atoms with Crippen LogP contribution in [-0.4, -0.2) is 12.5 Å². The second-order valence-corrected chi connectivity index (χ2v) is 6.04. The number of fused-ring (bicyclic) bond motifs is 1. The summed E-state index contributed by atoms with van der Waals surface area (Å²) in [7, 11) is 0. The van der Waals surface area contributed by atoms with Gasteiger partial charge in [-0.05, 0) is 42.2 Å². The fraction of sp³-hybridized carbons (Fsp3) is 0.316. The van der Waals surface area contributed by atoms with Crippen LogP contribution in [0.1, 0.15) is 27.8 Å². The van der Waals surface area contributed by atoms with Gasteiger partial charge in [-0.1, -0.05) is 35.9 Å². The third kappa shape index (κ3) is 3.90. The normalized spacial score (nSPS) is 12.8. The van der Waals surface area contributed by atoms with E-state index in [0.717, 1.165) is 30.0 Å². The topological polar surface area (TPSA) is 50.4 Å². The quantitative estimate of drug-likeness (QED) is 0.892. The maximum Gasteiger partial charge on any atom is 0.258 e. The Hall–Kier alpha value is -2.33. The number of benzene rings is 2. The predicted octanol–water partition coefficient (Wildman–Crippen LogP) is 2.60. The van der Waals surface area contributed by atoms with Gasteiger partial charge in [0.25, 0.3) is 5.91 Å². The molecule has 0 aliphatic carbocycles. The number of rotatable bonds is 5. The van der Waals surface area contributed by atoms with Crippen molar-refractivity contribution in [1.82, 2.24) is 10.6 Å². The van der Waals surface area contributed by atoms with Crippen molar-refractivity contribution in [1.29, 1.82) is 0 Å². The monoisotopic (exact) mass is 310 g/mol. The Morgan fingerprint density at radius 3 is 2.78 bits per heavy atom. The largest absolute Gasteiger partial charge is 0.484 e. The molecule has 0 unspecified atom stereocenters. The lowest BCUT2D eigenvalue weighted by Gasteiger charge is -2.10. The number of amides is 1. The van der Waals surface area contributed by atoms with Gasteiger partial charge in [0.05, 0.1) is 0 Å². The molecule has 0 bridgehead atoms. The standard InChI is InChI=1S/C19H22N2O2/c1-13-3-6-18(14(2)7-13)23-12-19(22)21-9-15-4-5-16-10-20-11-17(16)8-15/h3-8,20H,9-12H2,1-2H3,(H,21,22). The summed E-state index contributed by atoms with van der Waals surface area (Å²) in [5.41, 5.74) is 6.02. The van der Waals surface area contributed by atoms with E-state index in [1.807, 2.05) is 32.0 Å². The van der Waals surface area contributed by atoms with Crippen molar-refractivity contribution in [3.05, 3.63) is 64.2 Å². The molecule has 2 aromatic carbocycles. The van der Waals surface area contributed by atoms with Gasteiger partial charge in [0, 0.05) is 19.6 Å². The molecule has 4 nitrogen and oxygen atoms in total. The van der Waals surface area contributed by atoms with Crippen LogP contribution in [0.4, 0.5) is 0 Å². The zero-order valence-electron chi connectivity index (χ0n) is 13.6. The maximum atomic E-state index is 12.0. The lowest BCUT2D eigenvalue weighted by Crippen LogP contribution is -2.28. The SMILES string of the molecule is Cc1ccc(OCC(=O)NCc2ccc3c(c2)CNC3)c(C)c1. The molecule has 0 fully saturated rings. The van der Waals surface area contributed by atoms with E-state index in [0.29, 0.717) is 6.54 Å². The van der Waals surface area contributed by atoms with Crippen molar-refractivity contribution in [3.8, 4) is 5.75 Å². The number of hydrogen-bond acceptors (Lipinski definition) is 3. The molecule has 0 aromatic heterocycles. The Kier molecular flexibility index (Phi) is 4.63. The highest BCUT2D eigenvalue weighted by Gasteiger charge is 2.10. The zero-order chi connectivity index (χ0) is 16.2. The van der Waals surface area contributed by atoms with E-state index in [9.17, 15) is 4.79 Å². The van der Waals surface area contributed by atoms with Crippen LogP contribution in [0.25, 0.3) is 0 Å². The molecule has 2 aromatic rings.